The van der Waals surface area contributed by atoms with Gasteiger partial charge in [-0.15, -0.1) is 0 Å². The number of anilines is 1. The molecule has 0 aliphatic heterocycles. The monoisotopic (exact) mass is 392 g/mol. The van der Waals surface area contributed by atoms with Crippen molar-refractivity contribution in [2.45, 2.75) is 19.4 Å². The molecule has 0 spiro atoms. The first kappa shape index (κ1) is 19.6. The Labute approximate surface area is 169 Å². The van der Waals surface area contributed by atoms with E-state index < -0.39 is 6.04 Å². The van der Waals surface area contributed by atoms with Gasteiger partial charge in [0.25, 0.3) is 5.91 Å². The average molecular weight is 393 g/mol. The number of rotatable bonds is 6. The minimum atomic E-state index is -0.460. The zero-order chi connectivity index (χ0) is 19.9. The van der Waals surface area contributed by atoms with E-state index in [9.17, 15) is 9.59 Å². The Morgan fingerprint density at radius 3 is 2.21 bits per heavy atom. The maximum atomic E-state index is 12.6. The second-order valence-corrected chi connectivity index (χ2v) is 6.95. The molecule has 3 aromatic carbocycles. The molecule has 3 rings (SSSR count). The molecule has 0 unspecified atom stereocenters. The molecule has 1 atom stereocenters. The lowest BCUT2D eigenvalue weighted by Gasteiger charge is -2.19. The van der Waals surface area contributed by atoms with Crippen LogP contribution in [0.5, 0.6) is 0 Å². The second-order valence-electron chi connectivity index (χ2n) is 6.54. The lowest BCUT2D eigenvalue weighted by Crippen LogP contribution is -2.31. The van der Waals surface area contributed by atoms with Gasteiger partial charge in [-0.3, -0.25) is 9.59 Å². The Morgan fingerprint density at radius 2 is 1.57 bits per heavy atom. The van der Waals surface area contributed by atoms with Gasteiger partial charge in [0.05, 0.1) is 23.2 Å². The molecule has 0 bridgehead atoms. The number of carbonyl (C=O) groups excluding carboxylic acids is 2. The summed E-state index contributed by atoms with van der Waals surface area (Å²) in [5.74, 6) is -0.455. The van der Waals surface area contributed by atoms with E-state index in [0.717, 1.165) is 11.1 Å². The molecule has 0 saturated carbocycles. The molecule has 2 N–H and O–H groups in total. The van der Waals surface area contributed by atoms with Crippen molar-refractivity contribution in [3.05, 3.63) is 101 Å². The summed E-state index contributed by atoms with van der Waals surface area (Å²) in [6.07, 6.45) is 0.0901. The summed E-state index contributed by atoms with van der Waals surface area (Å²) in [6, 6.07) is 23.4. The average Bonchev–Trinajstić information content (AvgIpc) is 2.71. The van der Waals surface area contributed by atoms with Gasteiger partial charge in [-0.25, -0.2) is 0 Å². The minimum Gasteiger partial charge on any atom is -0.345 e. The Balaban J connectivity index is 1.75. The van der Waals surface area contributed by atoms with Gasteiger partial charge in [0, 0.05) is 5.56 Å². The van der Waals surface area contributed by atoms with Crippen molar-refractivity contribution in [3.63, 3.8) is 0 Å². The minimum absolute atomic E-state index is 0.0901. The predicted molar refractivity (Wildman–Crippen MR) is 113 cm³/mol. The van der Waals surface area contributed by atoms with Crippen molar-refractivity contribution in [2.75, 3.05) is 5.32 Å². The molecule has 3 aromatic rings. The quantitative estimate of drug-likeness (QED) is 0.609. The van der Waals surface area contributed by atoms with Crippen molar-refractivity contribution < 1.29 is 9.59 Å². The normalized spacial score (nSPS) is 11.5. The highest BCUT2D eigenvalue weighted by Crippen LogP contribution is 2.24. The molecule has 0 saturated heterocycles. The number of hydrogen-bond donors (Lipinski definition) is 2. The molecule has 5 heteroatoms. The summed E-state index contributed by atoms with van der Waals surface area (Å²) in [5.41, 5.74) is 2.97. The van der Waals surface area contributed by atoms with Crippen LogP contribution in [0.4, 0.5) is 5.69 Å². The van der Waals surface area contributed by atoms with E-state index >= 15 is 0 Å². The number of nitrogens with one attached hydrogen (secondary N) is 2. The van der Waals surface area contributed by atoms with Crippen LogP contribution in [0.1, 0.15) is 33.9 Å². The maximum absolute atomic E-state index is 12.6. The van der Waals surface area contributed by atoms with E-state index in [4.69, 9.17) is 11.6 Å². The molecule has 0 aliphatic carbocycles. The van der Waals surface area contributed by atoms with Gasteiger partial charge in [-0.2, -0.15) is 0 Å². The van der Waals surface area contributed by atoms with E-state index in [-0.39, 0.29) is 18.2 Å². The van der Waals surface area contributed by atoms with Gasteiger partial charge >= 0.3 is 0 Å². The highest BCUT2D eigenvalue weighted by Gasteiger charge is 2.19. The Hall–Kier alpha value is -3.11. The first-order chi connectivity index (χ1) is 13.5. The summed E-state index contributed by atoms with van der Waals surface area (Å²) < 4.78 is 0. The number of carbonyl (C=O) groups is 2. The molecule has 0 radical (unpaired) electrons. The standard InChI is InChI=1S/C23H21ClN2O2/c1-16-12-13-20(19(24)14-16)25-22(27)15-21(17-8-4-2-5-9-17)26-23(28)18-10-6-3-7-11-18/h2-14,21H,15H2,1H3,(H,25,27)(H,26,28)/t21-/m0/s1. The van der Waals surface area contributed by atoms with Gasteiger partial charge < -0.3 is 10.6 Å². The summed E-state index contributed by atoms with van der Waals surface area (Å²) in [7, 11) is 0. The number of amides is 2. The predicted octanol–water partition coefficient (Wildman–Crippen LogP) is 5.15. The molecular weight excluding hydrogens is 372 g/mol. The first-order valence-corrected chi connectivity index (χ1v) is 9.37. The van der Waals surface area contributed by atoms with Crippen LogP contribution >= 0.6 is 11.6 Å². The van der Waals surface area contributed by atoms with E-state index in [0.29, 0.717) is 16.3 Å². The van der Waals surface area contributed by atoms with Crippen molar-refractivity contribution in [2.24, 2.45) is 0 Å². The van der Waals surface area contributed by atoms with Crippen molar-refractivity contribution in [3.8, 4) is 0 Å². The van der Waals surface area contributed by atoms with Crippen LogP contribution in [-0.2, 0) is 4.79 Å². The molecule has 28 heavy (non-hydrogen) atoms. The second kappa shape index (κ2) is 9.20. The van der Waals surface area contributed by atoms with Crippen LogP contribution in [0, 0.1) is 6.92 Å². The van der Waals surface area contributed by atoms with Gasteiger partial charge in [-0.1, -0.05) is 66.2 Å². The van der Waals surface area contributed by atoms with E-state index in [1.165, 1.54) is 0 Å². The van der Waals surface area contributed by atoms with Gasteiger partial charge in [0.15, 0.2) is 0 Å². The van der Waals surface area contributed by atoms with Crippen molar-refractivity contribution in [1.82, 2.24) is 5.32 Å². The summed E-state index contributed by atoms with van der Waals surface area (Å²) in [6.45, 7) is 1.93. The summed E-state index contributed by atoms with van der Waals surface area (Å²) >= 11 is 6.21. The van der Waals surface area contributed by atoms with Gasteiger partial charge in [0.2, 0.25) is 5.91 Å². The zero-order valence-electron chi connectivity index (χ0n) is 15.5. The largest absolute Gasteiger partial charge is 0.345 e. The Kier molecular flexibility index (Phi) is 6.45. The zero-order valence-corrected chi connectivity index (χ0v) is 16.2. The fourth-order valence-corrected chi connectivity index (χ4v) is 3.16. The molecule has 0 aromatic heterocycles. The fourth-order valence-electron chi connectivity index (χ4n) is 2.88. The van der Waals surface area contributed by atoms with Crippen LogP contribution in [0.15, 0.2) is 78.9 Å². The molecule has 142 valence electrons. The Bertz CT molecular complexity index is 959. The third-order valence-corrected chi connectivity index (χ3v) is 4.64. The van der Waals surface area contributed by atoms with Gasteiger partial charge in [0.1, 0.15) is 0 Å². The van der Waals surface area contributed by atoms with Crippen LogP contribution in [0.3, 0.4) is 0 Å². The third-order valence-electron chi connectivity index (χ3n) is 4.33. The van der Waals surface area contributed by atoms with Crippen molar-refractivity contribution >= 4 is 29.1 Å². The summed E-state index contributed by atoms with van der Waals surface area (Å²) in [4.78, 5) is 25.2. The molecule has 4 nitrogen and oxygen atoms in total. The van der Waals surface area contributed by atoms with E-state index in [1.54, 1.807) is 36.4 Å². The van der Waals surface area contributed by atoms with Crippen LogP contribution in [0.25, 0.3) is 0 Å². The van der Waals surface area contributed by atoms with E-state index in [1.807, 2.05) is 49.4 Å². The van der Waals surface area contributed by atoms with Crippen LogP contribution < -0.4 is 10.6 Å². The lowest BCUT2D eigenvalue weighted by atomic mass is 10.0. The number of hydrogen-bond acceptors (Lipinski definition) is 2. The Morgan fingerprint density at radius 1 is 0.929 bits per heavy atom. The number of aryl methyl sites for hydroxylation is 1. The lowest BCUT2D eigenvalue weighted by molar-refractivity contribution is -0.116. The number of benzene rings is 3. The molecule has 2 amide bonds. The first-order valence-electron chi connectivity index (χ1n) is 9.00. The van der Waals surface area contributed by atoms with E-state index in [2.05, 4.69) is 10.6 Å². The molecule has 0 aliphatic rings. The smallest absolute Gasteiger partial charge is 0.251 e. The van der Waals surface area contributed by atoms with Gasteiger partial charge in [-0.05, 0) is 42.3 Å². The maximum Gasteiger partial charge on any atom is 0.251 e. The number of halogens is 1. The summed E-state index contributed by atoms with van der Waals surface area (Å²) in [5, 5.41) is 6.27. The SMILES string of the molecule is Cc1ccc(NC(=O)C[C@H](NC(=O)c2ccccc2)c2ccccc2)c(Cl)c1. The molecule has 0 heterocycles. The molecular formula is C23H21ClN2O2. The van der Waals surface area contributed by atoms with Crippen LogP contribution in [0.2, 0.25) is 5.02 Å². The third kappa shape index (κ3) is 5.21. The highest BCUT2D eigenvalue weighted by molar-refractivity contribution is 6.33. The molecule has 0 fully saturated rings. The highest BCUT2D eigenvalue weighted by atomic mass is 35.5. The fraction of sp³-hybridized carbons (Fsp3) is 0.130. The topological polar surface area (TPSA) is 58.2 Å². The van der Waals surface area contributed by atoms with Crippen LogP contribution in [-0.4, -0.2) is 11.8 Å². The van der Waals surface area contributed by atoms with Crippen molar-refractivity contribution in [1.29, 1.82) is 0 Å².